The number of H-pyrrole nitrogens is 1. The van der Waals surface area contributed by atoms with E-state index in [1.54, 1.807) is 0 Å². The molecule has 1 fully saturated rings. The second kappa shape index (κ2) is 9.10. The first-order valence-corrected chi connectivity index (χ1v) is 12.7. The van der Waals surface area contributed by atoms with Gasteiger partial charge in [0, 0.05) is 6.20 Å². The molecule has 0 aromatic carbocycles. The molecule has 16 nitrogen and oxygen atoms in total. The number of aromatic amines is 1. The average molecular weight is 553 g/mol. The quantitative estimate of drug-likeness (QED) is 0.163. The highest BCUT2D eigenvalue weighted by molar-refractivity contribution is 7.71. The highest BCUT2D eigenvalue weighted by atomic mass is 35.5. The highest BCUT2D eigenvalue weighted by Gasteiger charge is 2.57. The number of aliphatic hydroxyl groups is 2. The number of hydrogen-bond donors (Lipinski definition) is 7. The van der Waals surface area contributed by atoms with Crippen LogP contribution in [0.3, 0.4) is 0 Å². The number of aromatic nitrogens is 2. The summed E-state index contributed by atoms with van der Waals surface area (Å²) in [5, 5.41) is 19.7. The fraction of sp³-hybridized carbons (Fsp3) is 0.556. The van der Waals surface area contributed by atoms with Crippen LogP contribution in [-0.2, 0) is 31.6 Å². The van der Waals surface area contributed by atoms with Crippen LogP contribution in [0, 0.1) is 4.64 Å². The zero-order chi connectivity index (χ0) is 24.0. The van der Waals surface area contributed by atoms with Gasteiger partial charge in [0.25, 0.3) is 5.85 Å². The summed E-state index contributed by atoms with van der Waals surface area (Å²) >= 11 is 10.4. The van der Waals surface area contributed by atoms with Crippen molar-refractivity contribution in [2.75, 3.05) is 6.61 Å². The zero-order valence-electron chi connectivity index (χ0n) is 14.4. The van der Waals surface area contributed by atoms with E-state index in [0.29, 0.717) is 4.57 Å². The topological polar surface area (TPSA) is 247 Å². The molecule has 1 aliphatic rings. The second-order valence-electron chi connectivity index (χ2n) is 5.74. The van der Waals surface area contributed by atoms with Crippen molar-refractivity contribution < 1.29 is 65.8 Å². The third-order valence-corrected chi connectivity index (χ3v) is 7.92. The van der Waals surface area contributed by atoms with Crippen LogP contribution < -0.4 is 5.69 Å². The third kappa shape index (κ3) is 6.80. The van der Waals surface area contributed by atoms with Gasteiger partial charge in [0.1, 0.15) is 23.5 Å². The van der Waals surface area contributed by atoms with E-state index in [0.717, 1.165) is 6.20 Å². The lowest BCUT2D eigenvalue weighted by Gasteiger charge is -2.24. The van der Waals surface area contributed by atoms with E-state index in [1.807, 2.05) is 0 Å². The molecule has 1 aromatic rings. The van der Waals surface area contributed by atoms with Gasteiger partial charge in [-0.05, 0) is 0 Å². The number of aliphatic hydroxyl groups excluding tert-OH is 2. The maximum Gasteiger partial charge on any atom is 0.490 e. The summed E-state index contributed by atoms with van der Waals surface area (Å²) in [6.45, 7) is -1.74. The lowest BCUT2D eigenvalue weighted by Crippen LogP contribution is -2.43. The largest absolute Gasteiger partial charge is 0.490 e. The van der Waals surface area contributed by atoms with E-state index in [1.165, 1.54) is 0 Å². The summed E-state index contributed by atoms with van der Waals surface area (Å²) < 4.78 is 64.4. The number of phosphoric acid groups is 3. The molecule has 1 saturated heterocycles. The average Bonchev–Trinajstić information content (AvgIpc) is 2.78. The van der Waals surface area contributed by atoms with Crippen molar-refractivity contribution in [1.29, 1.82) is 0 Å². The van der Waals surface area contributed by atoms with Crippen LogP contribution in [-0.4, -0.2) is 64.0 Å². The summed E-state index contributed by atoms with van der Waals surface area (Å²) in [6.07, 6.45) is -5.76. The molecule has 0 bridgehead atoms. The predicted molar refractivity (Wildman–Crippen MR) is 96.7 cm³/mol. The minimum atomic E-state index is -5.87. The van der Waals surface area contributed by atoms with Crippen molar-refractivity contribution in [2.24, 2.45) is 0 Å². The Morgan fingerprint density at radius 2 is 1.81 bits per heavy atom. The highest BCUT2D eigenvalue weighted by Crippen LogP contribution is 2.66. The second-order valence-corrected chi connectivity index (χ2v) is 11.0. The molecule has 22 heteroatoms. The molecule has 0 spiro atoms. The fourth-order valence-electron chi connectivity index (χ4n) is 2.21. The van der Waals surface area contributed by atoms with Crippen LogP contribution in [0.15, 0.2) is 11.0 Å². The lowest BCUT2D eigenvalue weighted by atomic mass is 10.1. The van der Waals surface area contributed by atoms with Crippen molar-refractivity contribution in [3.05, 3.63) is 26.3 Å². The molecule has 2 unspecified atom stereocenters. The Balaban J connectivity index is 2.18. The van der Waals surface area contributed by atoms with Crippen LogP contribution in [0.1, 0.15) is 6.23 Å². The van der Waals surface area contributed by atoms with Crippen molar-refractivity contribution >= 4 is 47.3 Å². The molecule has 0 saturated carbocycles. The number of hydrogen-bond acceptors (Lipinski definition) is 11. The monoisotopic (exact) mass is 552 g/mol. The summed E-state index contributed by atoms with van der Waals surface area (Å²) in [5.74, 6) is -3.49. The first-order chi connectivity index (χ1) is 13.9. The molecular weight excluding hydrogens is 540 g/mol. The summed E-state index contributed by atoms with van der Waals surface area (Å²) in [7, 11) is -17.3. The van der Waals surface area contributed by atoms with Gasteiger partial charge in [-0.1, -0.05) is 23.8 Å². The van der Waals surface area contributed by atoms with E-state index in [4.69, 9.17) is 43.2 Å². The molecule has 6 atom stereocenters. The molecule has 1 aromatic heterocycles. The maximum atomic E-state index is 14.9. The number of halogens is 2. The van der Waals surface area contributed by atoms with Crippen LogP contribution in [0.25, 0.3) is 0 Å². The van der Waals surface area contributed by atoms with Crippen LogP contribution in [0.2, 0.25) is 5.02 Å². The maximum absolute atomic E-state index is 14.9. The van der Waals surface area contributed by atoms with E-state index in [-0.39, 0.29) is 9.66 Å². The molecule has 1 aliphatic heterocycles. The van der Waals surface area contributed by atoms with E-state index in [2.05, 4.69) is 18.1 Å². The molecule has 0 radical (unpaired) electrons. The fourth-order valence-corrected chi connectivity index (χ4v) is 5.54. The minimum absolute atomic E-state index is 0.199. The molecule has 31 heavy (non-hydrogen) atoms. The summed E-state index contributed by atoms with van der Waals surface area (Å²) in [4.78, 5) is 49.3. The Bertz CT molecular complexity index is 1110. The van der Waals surface area contributed by atoms with Crippen molar-refractivity contribution in [3.8, 4) is 0 Å². The molecule has 2 heterocycles. The van der Waals surface area contributed by atoms with Crippen LogP contribution in [0.5, 0.6) is 0 Å². The van der Waals surface area contributed by atoms with Gasteiger partial charge in [-0.3, -0.25) is 14.1 Å². The van der Waals surface area contributed by atoms with Crippen molar-refractivity contribution in [3.63, 3.8) is 0 Å². The number of phosphoric ester groups is 1. The van der Waals surface area contributed by atoms with Crippen molar-refractivity contribution in [1.82, 2.24) is 9.55 Å². The van der Waals surface area contributed by atoms with E-state index < -0.39 is 60.1 Å². The van der Waals surface area contributed by atoms with Crippen molar-refractivity contribution in [2.45, 2.75) is 24.3 Å². The molecular formula is C9H13ClFN2O14P3S. The van der Waals surface area contributed by atoms with Gasteiger partial charge in [0.2, 0.25) is 0 Å². The zero-order valence-corrected chi connectivity index (χ0v) is 18.7. The van der Waals surface area contributed by atoms with Gasteiger partial charge in [-0.25, -0.2) is 22.9 Å². The number of nitrogens with one attached hydrogen (secondary N) is 1. The van der Waals surface area contributed by atoms with E-state index >= 15 is 0 Å². The van der Waals surface area contributed by atoms with Gasteiger partial charge in [0.05, 0.1) is 5.02 Å². The molecule has 2 rings (SSSR count). The Morgan fingerprint density at radius 3 is 2.35 bits per heavy atom. The molecule has 7 N–H and O–H groups in total. The predicted octanol–water partition coefficient (Wildman–Crippen LogP) is -0.181. The number of ether oxygens (including phenoxy) is 1. The Labute approximate surface area is 180 Å². The van der Waals surface area contributed by atoms with Crippen LogP contribution in [0.4, 0.5) is 4.39 Å². The smallest absolute Gasteiger partial charge is 0.385 e. The number of alkyl halides is 1. The standard InChI is InChI=1S/C9H13ClFN2O14P3S/c10-3-1-13(8(16)12-6(3)31)7-4(14)5(15)9(11,25-7)2-24-29(20,21)27-30(22,23)26-28(17,18)19/h1,4-5,7,14-15H,2H2,(H,20,21)(H,22,23)(H,12,16,31)(H2,17,18,19)/t4-,5+,7-,9-/m1/s1. The molecule has 0 aliphatic carbocycles. The van der Waals surface area contributed by atoms with Crippen LogP contribution >= 0.6 is 47.3 Å². The summed E-state index contributed by atoms with van der Waals surface area (Å²) in [6, 6.07) is 0. The number of nitrogens with zero attached hydrogens (tertiary/aromatic N) is 1. The first kappa shape index (κ1) is 26.9. The van der Waals surface area contributed by atoms with Gasteiger partial charge in [0.15, 0.2) is 6.23 Å². The lowest BCUT2D eigenvalue weighted by molar-refractivity contribution is -0.204. The Morgan fingerprint density at radius 1 is 1.23 bits per heavy atom. The summed E-state index contributed by atoms with van der Waals surface area (Å²) in [5.41, 5.74) is -1.04. The SMILES string of the molecule is O=c1[nH]c(=S)c(Cl)cn1[C@@H]1O[C@](F)(COP(=O)(O)OP(=O)(O)OP(=O)(O)O)[C@@H](O)[C@H]1O. The van der Waals surface area contributed by atoms with Gasteiger partial charge < -0.3 is 34.5 Å². The van der Waals surface area contributed by atoms with Gasteiger partial charge in [-0.2, -0.15) is 8.62 Å². The molecule has 178 valence electrons. The number of rotatable bonds is 8. The Hall–Kier alpha value is -0.390. The first-order valence-electron chi connectivity index (χ1n) is 7.38. The molecule has 0 amide bonds. The third-order valence-electron chi connectivity index (χ3n) is 3.41. The normalized spacial score (nSPS) is 30.6. The van der Waals surface area contributed by atoms with Gasteiger partial charge >= 0.3 is 29.2 Å². The minimum Gasteiger partial charge on any atom is -0.385 e. The Kier molecular flexibility index (Phi) is 7.88. The van der Waals surface area contributed by atoms with Gasteiger partial charge in [-0.15, -0.1) is 0 Å². The van der Waals surface area contributed by atoms with E-state index in [9.17, 15) is 38.0 Å².